The molecule has 1 rings (SSSR count). The third-order valence-corrected chi connectivity index (χ3v) is 1.81. The van der Waals surface area contributed by atoms with Crippen LogP contribution in [0.5, 0.6) is 0 Å². The maximum atomic E-state index is 5.16. The lowest BCUT2D eigenvalue weighted by Crippen LogP contribution is -1.91. The average molecular weight is 162 g/mol. The highest BCUT2D eigenvalue weighted by Crippen LogP contribution is 2.07. The van der Waals surface area contributed by atoms with Crippen LogP contribution in [0.1, 0.15) is 12.5 Å². The van der Waals surface area contributed by atoms with Gasteiger partial charge in [0.25, 0.3) is 0 Å². The molecule has 0 unspecified atom stereocenters. The van der Waals surface area contributed by atoms with Gasteiger partial charge in [-0.15, -0.1) is 0 Å². The summed E-state index contributed by atoms with van der Waals surface area (Å²) >= 11 is 0. The molecule has 0 bridgehead atoms. The van der Waals surface area contributed by atoms with Gasteiger partial charge in [0.15, 0.2) is 0 Å². The standard InChI is InChI=1S/C11H14O/c1-3-11(12-2)9-10-7-5-4-6-8-10/h3-8H,9H2,1-2H3/b11-3-. The summed E-state index contributed by atoms with van der Waals surface area (Å²) in [6.07, 6.45) is 2.88. The van der Waals surface area contributed by atoms with Crippen molar-refractivity contribution in [3.63, 3.8) is 0 Å². The monoisotopic (exact) mass is 162 g/mol. The van der Waals surface area contributed by atoms with E-state index in [0.717, 1.165) is 12.2 Å². The molecule has 0 atom stereocenters. The lowest BCUT2D eigenvalue weighted by atomic mass is 10.1. The molecule has 0 aromatic heterocycles. The third-order valence-electron chi connectivity index (χ3n) is 1.81. The second-order valence-electron chi connectivity index (χ2n) is 2.62. The van der Waals surface area contributed by atoms with Gasteiger partial charge in [-0.1, -0.05) is 30.3 Å². The lowest BCUT2D eigenvalue weighted by molar-refractivity contribution is 0.282. The van der Waals surface area contributed by atoms with Gasteiger partial charge in [-0.2, -0.15) is 0 Å². The molecular weight excluding hydrogens is 148 g/mol. The van der Waals surface area contributed by atoms with E-state index in [1.165, 1.54) is 5.56 Å². The largest absolute Gasteiger partial charge is 0.501 e. The van der Waals surface area contributed by atoms with Crippen LogP contribution in [0.15, 0.2) is 42.2 Å². The van der Waals surface area contributed by atoms with Crippen molar-refractivity contribution in [2.24, 2.45) is 0 Å². The third kappa shape index (κ3) is 2.42. The van der Waals surface area contributed by atoms with Gasteiger partial charge in [-0.3, -0.25) is 0 Å². The van der Waals surface area contributed by atoms with Gasteiger partial charge >= 0.3 is 0 Å². The van der Waals surface area contributed by atoms with Crippen LogP contribution in [0.4, 0.5) is 0 Å². The molecule has 0 aliphatic carbocycles. The van der Waals surface area contributed by atoms with Crippen molar-refractivity contribution in [3.05, 3.63) is 47.7 Å². The molecule has 1 aromatic carbocycles. The van der Waals surface area contributed by atoms with Gasteiger partial charge in [0.2, 0.25) is 0 Å². The minimum absolute atomic E-state index is 0.883. The predicted molar refractivity (Wildman–Crippen MR) is 50.9 cm³/mol. The Balaban J connectivity index is 2.64. The molecule has 12 heavy (non-hydrogen) atoms. The fraction of sp³-hybridized carbons (Fsp3) is 0.273. The SMILES string of the molecule is C/C=C(/Cc1ccccc1)OC. The van der Waals surface area contributed by atoms with E-state index >= 15 is 0 Å². The first kappa shape index (κ1) is 8.85. The molecule has 1 aromatic rings. The molecular formula is C11H14O. The summed E-state index contributed by atoms with van der Waals surface area (Å²) in [5, 5.41) is 0. The molecule has 0 fully saturated rings. The van der Waals surface area contributed by atoms with E-state index in [1.54, 1.807) is 7.11 Å². The van der Waals surface area contributed by atoms with Crippen LogP contribution in [0.25, 0.3) is 0 Å². The Labute approximate surface area is 73.7 Å². The second kappa shape index (κ2) is 4.60. The molecule has 0 aliphatic rings. The molecule has 64 valence electrons. The van der Waals surface area contributed by atoms with Gasteiger partial charge < -0.3 is 4.74 Å². The topological polar surface area (TPSA) is 9.23 Å². The molecule has 0 saturated heterocycles. The summed E-state index contributed by atoms with van der Waals surface area (Å²) in [6.45, 7) is 1.99. The summed E-state index contributed by atoms with van der Waals surface area (Å²) in [7, 11) is 1.71. The maximum Gasteiger partial charge on any atom is 0.0956 e. The Kier molecular flexibility index (Phi) is 3.39. The summed E-state index contributed by atoms with van der Waals surface area (Å²) in [4.78, 5) is 0. The zero-order valence-electron chi connectivity index (χ0n) is 7.58. The molecule has 0 amide bonds. The number of ether oxygens (including phenoxy) is 1. The fourth-order valence-electron chi connectivity index (χ4n) is 1.09. The van der Waals surface area contributed by atoms with E-state index < -0.39 is 0 Å². The van der Waals surface area contributed by atoms with Crippen molar-refractivity contribution in [2.75, 3.05) is 7.11 Å². The van der Waals surface area contributed by atoms with Crippen molar-refractivity contribution in [1.29, 1.82) is 0 Å². The van der Waals surface area contributed by atoms with Crippen LogP contribution in [-0.4, -0.2) is 7.11 Å². The number of methoxy groups -OCH3 is 1. The minimum Gasteiger partial charge on any atom is -0.501 e. The Morgan fingerprint density at radius 2 is 2.00 bits per heavy atom. The Morgan fingerprint density at radius 1 is 1.33 bits per heavy atom. The van der Waals surface area contributed by atoms with Crippen molar-refractivity contribution in [3.8, 4) is 0 Å². The van der Waals surface area contributed by atoms with Crippen LogP contribution in [0.3, 0.4) is 0 Å². The van der Waals surface area contributed by atoms with E-state index in [0.29, 0.717) is 0 Å². The first-order valence-electron chi connectivity index (χ1n) is 4.10. The number of hydrogen-bond donors (Lipinski definition) is 0. The zero-order valence-corrected chi connectivity index (χ0v) is 7.58. The average Bonchev–Trinajstić information content (AvgIpc) is 2.16. The quantitative estimate of drug-likeness (QED) is 0.621. The highest BCUT2D eigenvalue weighted by molar-refractivity contribution is 5.19. The van der Waals surface area contributed by atoms with Gasteiger partial charge in [-0.25, -0.2) is 0 Å². The fourth-order valence-corrected chi connectivity index (χ4v) is 1.09. The lowest BCUT2D eigenvalue weighted by Gasteiger charge is -2.04. The van der Waals surface area contributed by atoms with Crippen LogP contribution < -0.4 is 0 Å². The van der Waals surface area contributed by atoms with Crippen molar-refractivity contribution in [1.82, 2.24) is 0 Å². The maximum absolute atomic E-state index is 5.16. The molecule has 0 N–H and O–H groups in total. The Morgan fingerprint density at radius 3 is 2.50 bits per heavy atom. The molecule has 1 nitrogen and oxygen atoms in total. The van der Waals surface area contributed by atoms with Crippen molar-refractivity contribution >= 4 is 0 Å². The number of allylic oxidation sites excluding steroid dienone is 2. The van der Waals surface area contributed by atoms with Crippen LogP contribution in [0, 0.1) is 0 Å². The van der Waals surface area contributed by atoms with Crippen LogP contribution in [-0.2, 0) is 11.2 Å². The van der Waals surface area contributed by atoms with E-state index in [4.69, 9.17) is 4.74 Å². The van der Waals surface area contributed by atoms with E-state index in [-0.39, 0.29) is 0 Å². The highest BCUT2D eigenvalue weighted by atomic mass is 16.5. The molecule has 0 saturated carbocycles. The molecule has 0 heterocycles. The van der Waals surface area contributed by atoms with Crippen LogP contribution >= 0.6 is 0 Å². The smallest absolute Gasteiger partial charge is 0.0956 e. The number of rotatable bonds is 3. The Hall–Kier alpha value is -1.24. The Bertz CT molecular complexity index is 249. The van der Waals surface area contributed by atoms with E-state index in [2.05, 4.69) is 12.1 Å². The second-order valence-corrected chi connectivity index (χ2v) is 2.62. The van der Waals surface area contributed by atoms with Gasteiger partial charge in [0, 0.05) is 6.42 Å². The molecule has 0 aliphatic heterocycles. The summed E-state index contributed by atoms with van der Waals surface area (Å²) < 4.78 is 5.16. The van der Waals surface area contributed by atoms with Gasteiger partial charge in [0.05, 0.1) is 12.9 Å². The first-order chi connectivity index (χ1) is 5.86. The molecule has 0 spiro atoms. The first-order valence-corrected chi connectivity index (χ1v) is 4.10. The van der Waals surface area contributed by atoms with Crippen molar-refractivity contribution in [2.45, 2.75) is 13.3 Å². The van der Waals surface area contributed by atoms with E-state index in [9.17, 15) is 0 Å². The van der Waals surface area contributed by atoms with E-state index in [1.807, 2.05) is 31.2 Å². The minimum atomic E-state index is 0.883. The normalized spacial score (nSPS) is 11.3. The van der Waals surface area contributed by atoms with Gasteiger partial charge in [-0.05, 0) is 18.6 Å². The highest BCUT2D eigenvalue weighted by Gasteiger charge is 1.95. The van der Waals surface area contributed by atoms with Crippen molar-refractivity contribution < 1.29 is 4.74 Å². The number of hydrogen-bond acceptors (Lipinski definition) is 1. The summed E-state index contributed by atoms with van der Waals surface area (Å²) in [6, 6.07) is 10.3. The molecule has 0 radical (unpaired) electrons. The zero-order chi connectivity index (χ0) is 8.81. The summed E-state index contributed by atoms with van der Waals surface area (Å²) in [5.41, 5.74) is 1.28. The summed E-state index contributed by atoms with van der Waals surface area (Å²) in [5.74, 6) is 1.02. The van der Waals surface area contributed by atoms with Gasteiger partial charge in [0.1, 0.15) is 0 Å². The van der Waals surface area contributed by atoms with Crippen LogP contribution in [0.2, 0.25) is 0 Å². The predicted octanol–water partition coefficient (Wildman–Crippen LogP) is 2.78. The molecule has 1 heteroatoms. The number of benzene rings is 1.